The number of nitrogens with one attached hydrogen (secondary N) is 2. The molecule has 0 saturated carbocycles. The first kappa shape index (κ1) is 22.7. The summed E-state index contributed by atoms with van der Waals surface area (Å²) in [5.74, 6) is 0.260. The number of ether oxygens (including phenoxy) is 1. The van der Waals surface area contributed by atoms with Gasteiger partial charge in [0.2, 0.25) is 0 Å². The number of rotatable bonds is 7. The summed E-state index contributed by atoms with van der Waals surface area (Å²) in [4.78, 5) is 12.5. The molecule has 1 atom stereocenters. The van der Waals surface area contributed by atoms with Crippen LogP contribution in [0.4, 0.5) is 11.4 Å². The minimum absolute atomic E-state index is 0.0638. The molecule has 3 aromatic carbocycles. The molecule has 31 heavy (non-hydrogen) atoms. The molecule has 2 N–H and O–H groups in total. The van der Waals surface area contributed by atoms with Crippen LogP contribution < -0.4 is 14.8 Å². The molecule has 162 valence electrons. The van der Waals surface area contributed by atoms with E-state index in [1.54, 1.807) is 38.1 Å². The number of sulfonamides is 1. The van der Waals surface area contributed by atoms with Crippen LogP contribution in [0.3, 0.4) is 0 Å². The summed E-state index contributed by atoms with van der Waals surface area (Å²) in [6, 6.07) is 18.3. The lowest BCUT2D eigenvalue weighted by molar-refractivity contribution is -0.122. The Morgan fingerprint density at radius 1 is 1.00 bits per heavy atom. The Kier molecular flexibility index (Phi) is 6.87. The van der Waals surface area contributed by atoms with Crippen molar-refractivity contribution in [1.29, 1.82) is 0 Å². The van der Waals surface area contributed by atoms with E-state index in [2.05, 4.69) is 10.0 Å². The molecule has 0 aliphatic rings. The number of anilines is 2. The summed E-state index contributed by atoms with van der Waals surface area (Å²) >= 11 is 6.06. The molecule has 1 amide bonds. The largest absolute Gasteiger partial charge is 0.481 e. The maximum absolute atomic E-state index is 12.7. The molecule has 0 fully saturated rings. The maximum atomic E-state index is 12.7. The van der Waals surface area contributed by atoms with Crippen LogP contribution in [-0.4, -0.2) is 20.4 Å². The number of hydrogen-bond donors (Lipinski definition) is 2. The lowest BCUT2D eigenvalue weighted by atomic mass is 10.2. The first-order valence-corrected chi connectivity index (χ1v) is 11.4. The summed E-state index contributed by atoms with van der Waals surface area (Å²) < 4.78 is 33.6. The van der Waals surface area contributed by atoms with E-state index in [4.69, 9.17) is 16.3 Å². The van der Waals surface area contributed by atoms with Gasteiger partial charge in [-0.25, -0.2) is 8.42 Å². The monoisotopic (exact) mass is 458 g/mol. The highest BCUT2D eigenvalue weighted by Crippen LogP contribution is 2.26. The Bertz CT molecular complexity index is 1190. The molecule has 1 unspecified atom stereocenters. The van der Waals surface area contributed by atoms with Gasteiger partial charge in [-0.15, -0.1) is 0 Å². The van der Waals surface area contributed by atoms with Crippen LogP contribution in [0.15, 0.2) is 71.6 Å². The predicted octanol–water partition coefficient (Wildman–Crippen LogP) is 5.16. The van der Waals surface area contributed by atoms with E-state index in [0.717, 1.165) is 5.56 Å². The number of aryl methyl sites for hydroxylation is 1. The number of halogens is 1. The molecule has 3 rings (SSSR count). The second-order valence-corrected chi connectivity index (χ2v) is 9.20. The fourth-order valence-electron chi connectivity index (χ4n) is 2.83. The third-order valence-electron chi connectivity index (χ3n) is 4.62. The molecular weight excluding hydrogens is 436 g/mol. The summed E-state index contributed by atoms with van der Waals surface area (Å²) in [5.41, 5.74) is 2.54. The van der Waals surface area contributed by atoms with Crippen molar-refractivity contribution in [3.05, 3.63) is 82.9 Å². The Balaban J connectivity index is 1.66. The van der Waals surface area contributed by atoms with Gasteiger partial charge >= 0.3 is 0 Å². The summed E-state index contributed by atoms with van der Waals surface area (Å²) in [5, 5.41) is 3.20. The molecule has 0 heterocycles. The van der Waals surface area contributed by atoms with Gasteiger partial charge in [-0.05, 0) is 80.4 Å². The zero-order valence-electron chi connectivity index (χ0n) is 17.3. The fourth-order valence-corrected chi connectivity index (χ4v) is 4.13. The third-order valence-corrected chi connectivity index (χ3v) is 6.41. The zero-order chi connectivity index (χ0) is 22.6. The molecule has 3 aromatic rings. The quantitative estimate of drug-likeness (QED) is 0.512. The minimum Gasteiger partial charge on any atom is -0.481 e. The normalized spacial score (nSPS) is 12.1. The molecule has 0 aromatic heterocycles. The smallest absolute Gasteiger partial charge is 0.265 e. The van der Waals surface area contributed by atoms with E-state index in [9.17, 15) is 13.2 Å². The molecule has 0 saturated heterocycles. The van der Waals surface area contributed by atoms with Crippen molar-refractivity contribution >= 4 is 38.9 Å². The van der Waals surface area contributed by atoms with E-state index < -0.39 is 16.1 Å². The highest BCUT2D eigenvalue weighted by Gasteiger charge is 2.18. The van der Waals surface area contributed by atoms with E-state index in [-0.39, 0.29) is 10.8 Å². The number of hydrogen-bond acceptors (Lipinski definition) is 4. The topological polar surface area (TPSA) is 84.5 Å². The summed E-state index contributed by atoms with van der Waals surface area (Å²) in [6.07, 6.45) is -0.724. The minimum atomic E-state index is -3.80. The zero-order valence-corrected chi connectivity index (χ0v) is 18.9. The van der Waals surface area contributed by atoms with Crippen molar-refractivity contribution in [3.8, 4) is 5.75 Å². The highest BCUT2D eigenvalue weighted by molar-refractivity contribution is 7.92. The molecule has 0 radical (unpaired) electrons. The highest BCUT2D eigenvalue weighted by atomic mass is 35.5. The van der Waals surface area contributed by atoms with Crippen molar-refractivity contribution < 1.29 is 17.9 Å². The van der Waals surface area contributed by atoms with Crippen LogP contribution >= 0.6 is 11.6 Å². The number of benzene rings is 3. The Morgan fingerprint density at radius 3 is 2.35 bits per heavy atom. The maximum Gasteiger partial charge on any atom is 0.265 e. The van der Waals surface area contributed by atoms with Crippen molar-refractivity contribution in [2.45, 2.75) is 31.8 Å². The first-order chi connectivity index (χ1) is 14.7. The van der Waals surface area contributed by atoms with Crippen LogP contribution in [0.1, 0.15) is 18.1 Å². The molecule has 0 aliphatic heterocycles. The Labute approximate surface area is 187 Å². The number of carbonyl (C=O) groups excluding carboxylic acids is 1. The predicted molar refractivity (Wildman–Crippen MR) is 123 cm³/mol. The standard InChI is InChI=1S/C23H23ClN2O4S/c1-15-6-4-7-19(14-15)30-17(3)23(27)25-18-10-12-20(13-11-18)31(28,29)26-22-9-5-8-21(24)16(22)2/h4-14,17,26H,1-3H3,(H,25,27). The van der Waals surface area contributed by atoms with E-state index in [0.29, 0.717) is 27.7 Å². The van der Waals surface area contributed by atoms with Crippen LogP contribution in [-0.2, 0) is 14.8 Å². The second kappa shape index (κ2) is 9.41. The molecular formula is C23H23ClN2O4S. The van der Waals surface area contributed by atoms with Gasteiger partial charge in [0.05, 0.1) is 10.6 Å². The van der Waals surface area contributed by atoms with Crippen molar-refractivity contribution in [3.63, 3.8) is 0 Å². The fraction of sp³-hybridized carbons (Fsp3) is 0.174. The van der Waals surface area contributed by atoms with Gasteiger partial charge in [0.15, 0.2) is 6.10 Å². The van der Waals surface area contributed by atoms with Crippen LogP contribution in [0.2, 0.25) is 5.02 Å². The van der Waals surface area contributed by atoms with Crippen LogP contribution in [0.5, 0.6) is 5.75 Å². The van der Waals surface area contributed by atoms with Crippen LogP contribution in [0.25, 0.3) is 0 Å². The van der Waals surface area contributed by atoms with E-state index in [1.165, 1.54) is 24.3 Å². The van der Waals surface area contributed by atoms with Gasteiger partial charge in [0.25, 0.3) is 15.9 Å². The van der Waals surface area contributed by atoms with Crippen molar-refractivity contribution in [2.75, 3.05) is 10.0 Å². The number of carbonyl (C=O) groups is 1. The Hall–Kier alpha value is -3.03. The lowest BCUT2D eigenvalue weighted by Crippen LogP contribution is -2.30. The first-order valence-electron chi connectivity index (χ1n) is 9.58. The second-order valence-electron chi connectivity index (χ2n) is 7.11. The van der Waals surface area contributed by atoms with Gasteiger partial charge in [0, 0.05) is 10.7 Å². The van der Waals surface area contributed by atoms with Gasteiger partial charge in [0.1, 0.15) is 5.75 Å². The summed E-state index contributed by atoms with van der Waals surface area (Å²) in [7, 11) is -3.80. The van der Waals surface area contributed by atoms with Gasteiger partial charge in [-0.3, -0.25) is 9.52 Å². The average Bonchev–Trinajstić information content (AvgIpc) is 2.71. The molecule has 8 heteroatoms. The van der Waals surface area contributed by atoms with Crippen LogP contribution in [0, 0.1) is 13.8 Å². The molecule has 0 aliphatic carbocycles. The average molecular weight is 459 g/mol. The SMILES string of the molecule is Cc1cccc(OC(C)C(=O)Nc2ccc(S(=O)(=O)Nc3cccc(Cl)c3C)cc2)c1. The van der Waals surface area contributed by atoms with Crippen molar-refractivity contribution in [2.24, 2.45) is 0 Å². The van der Waals surface area contributed by atoms with Gasteiger partial charge < -0.3 is 10.1 Å². The van der Waals surface area contributed by atoms with Gasteiger partial charge in [-0.1, -0.05) is 29.8 Å². The molecule has 0 bridgehead atoms. The summed E-state index contributed by atoms with van der Waals surface area (Å²) in [6.45, 7) is 5.32. The van der Waals surface area contributed by atoms with Crippen molar-refractivity contribution in [1.82, 2.24) is 0 Å². The molecule has 0 spiro atoms. The lowest BCUT2D eigenvalue weighted by Gasteiger charge is -2.15. The Morgan fingerprint density at radius 2 is 1.68 bits per heavy atom. The van der Waals surface area contributed by atoms with E-state index in [1.807, 2.05) is 25.1 Å². The van der Waals surface area contributed by atoms with E-state index >= 15 is 0 Å². The number of amides is 1. The van der Waals surface area contributed by atoms with Gasteiger partial charge in [-0.2, -0.15) is 0 Å². The molecule has 6 nitrogen and oxygen atoms in total. The third kappa shape index (κ3) is 5.77.